The van der Waals surface area contributed by atoms with Gasteiger partial charge in [0.15, 0.2) is 0 Å². The standard InChI is InChI=1S/C15H24N2O2/c18-14-9-12(11-3-1-2-4-11)10-15(19)17(14)13-5-7-16-8-6-13/h11-13,16H,1-10H2. The normalized spacial score (nSPS) is 28.3. The van der Waals surface area contributed by atoms with Crippen LogP contribution in [-0.4, -0.2) is 35.8 Å². The number of rotatable bonds is 2. The first kappa shape index (κ1) is 13.1. The van der Waals surface area contributed by atoms with E-state index in [1.807, 2.05) is 0 Å². The number of amides is 2. The lowest BCUT2D eigenvalue weighted by atomic mass is 9.82. The summed E-state index contributed by atoms with van der Waals surface area (Å²) in [5.74, 6) is 1.16. The highest BCUT2D eigenvalue weighted by molar-refractivity contribution is 5.98. The third-order valence-electron chi connectivity index (χ3n) is 5.15. The average Bonchev–Trinajstić information content (AvgIpc) is 2.93. The van der Waals surface area contributed by atoms with Crippen LogP contribution in [0.2, 0.25) is 0 Å². The van der Waals surface area contributed by atoms with Crippen molar-refractivity contribution in [2.45, 2.75) is 57.4 Å². The summed E-state index contributed by atoms with van der Waals surface area (Å²) in [6.07, 6.45) is 8.07. The minimum Gasteiger partial charge on any atom is -0.317 e. The summed E-state index contributed by atoms with van der Waals surface area (Å²) in [6, 6.07) is 0.158. The zero-order chi connectivity index (χ0) is 13.2. The van der Waals surface area contributed by atoms with Crippen LogP contribution in [0.15, 0.2) is 0 Å². The molecule has 1 N–H and O–H groups in total. The van der Waals surface area contributed by atoms with Crippen LogP contribution < -0.4 is 5.32 Å². The van der Waals surface area contributed by atoms with E-state index in [0.29, 0.717) is 24.7 Å². The summed E-state index contributed by atoms with van der Waals surface area (Å²) < 4.78 is 0. The molecule has 4 heteroatoms. The Kier molecular flexibility index (Phi) is 3.87. The molecule has 0 spiro atoms. The fourth-order valence-corrected chi connectivity index (χ4v) is 4.09. The molecule has 0 unspecified atom stereocenters. The molecule has 19 heavy (non-hydrogen) atoms. The summed E-state index contributed by atoms with van der Waals surface area (Å²) in [4.78, 5) is 26.3. The Morgan fingerprint density at radius 3 is 2.00 bits per heavy atom. The van der Waals surface area contributed by atoms with E-state index in [0.717, 1.165) is 25.9 Å². The number of imide groups is 1. The molecule has 3 aliphatic rings. The molecule has 0 bridgehead atoms. The maximum atomic E-state index is 12.4. The Morgan fingerprint density at radius 1 is 0.842 bits per heavy atom. The highest BCUT2D eigenvalue weighted by Gasteiger charge is 2.40. The molecule has 1 saturated carbocycles. The second kappa shape index (κ2) is 5.61. The van der Waals surface area contributed by atoms with Crippen molar-refractivity contribution in [3.63, 3.8) is 0 Å². The van der Waals surface area contributed by atoms with Crippen molar-refractivity contribution in [3.8, 4) is 0 Å². The number of hydrogen-bond donors (Lipinski definition) is 1. The first-order valence-electron chi connectivity index (χ1n) is 7.81. The first-order chi connectivity index (χ1) is 9.25. The topological polar surface area (TPSA) is 49.4 Å². The zero-order valence-corrected chi connectivity index (χ0v) is 11.6. The van der Waals surface area contributed by atoms with Gasteiger partial charge in [0.2, 0.25) is 11.8 Å². The van der Waals surface area contributed by atoms with Crippen LogP contribution in [0.5, 0.6) is 0 Å². The number of carbonyl (C=O) groups is 2. The predicted octanol–water partition coefficient (Wildman–Crippen LogP) is 1.69. The van der Waals surface area contributed by atoms with Gasteiger partial charge in [0.25, 0.3) is 0 Å². The molecular formula is C15H24N2O2. The van der Waals surface area contributed by atoms with Crippen molar-refractivity contribution in [2.24, 2.45) is 11.8 Å². The molecular weight excluding hydrogens is 240 g/mol. The smallest absolute Gasteiger partial charge is 0.229 e. The fraction of sp³-hybridized carbons (Fsp3) is 0.867. The van der Waals surface area contributed by atoms with E-state index in [9.17, 15) is 9.59 Å². The summed E-state index contributed by atoms with van der Waals surface area (Å²) in [7, 11) is 0. The van der Waals surface area contributed by atoms with Gasteiger partial charge in [-0.2, -0.15) is 0 Å². The van der Waals surface area contributed by atoms with Crippen molar-refractivity contribution in [1.82, 2.24) is 10.2 Å². The molecule has 0 aromatic rings. The Bertz CT molecular complexity index is 339. The molecule has 1 aliphatic carbocycles. The minimum atomic E-state index is 0.0973. The van der Waals surface area contributed by atoms with Crippen LogP contribution in [-0.2, 0) is 9.59 Å². The third-order valence-corrected chi connectivity index (χ3v) is 5.15. The lowest BCUT2D eigenvalue weighted by Gasteiger charge is -2.39. The SMILES string of the molecule is O=C1CC(C2CCCC2)CC(=O)N1C1CCNCC1. The molecule has 0 aromatic heterocycles. The quantitative estimate of drug-likeness (QED) is 0.772. The van der Waals surface area contributed by atoms with Crippen LogP contribution in [0.1, 0.15) is 51.4 Å². The highest BCUT2D eigenvalue weighted by atomic mass is 16.2. The molecule has 0 aromatic carbocycles. The van der Waals surface area contributed by atoms with Gasteiger partial charge in [-0.3, -0.25) is 14.5 Å². The summed E-state index contributed by atoms with van der Waals surface area (Å²) in [6.45, 7) is 1.85. The van der Waals surface area contributed by atoms with Crippen LogP contribution >= 0.6 is 0 Å². The molecule has 2 saturated heterocycles. The van der Waals surface area contributed by atoms with E-state index in [4.69, 9.17) is 0 Å². The van der Waals surface area contributed by atoms with Crippen molar-refractivity contribution < 1.29 is 9.59 Å². The van der Waals surface area contributed by atoms with E-state index in [1.54, 1.807) is 4.90 Å². The number of carbonyl (C=O) groups excluding carboxylic acids is 2. The maximum Gasteiger partial charge on any atom is 0.229 e. The van der Waals surface area contributed by atoms with Crippen LogP contribution in [0.25, 0.3) is 0 Å². The lowest BCUT2D eigenvalue weighted by Crippen LogP contribution is -2.52. The van der Waals surface area contributed by atoms with E-state index >= 15 is 0 Å². The van der Waals surface area contributed by atoms with E-state index in [-0.39, 0.29) is 17.9 Å². The van der Waals surface area contributed by atoms with E-state index < -0.39 is 0 Å². The highest BCUT2D eigenvalue weighted by Crippen LogP contribution is 2.38. The molecule has 0 radical (unpaired) electrons. The average molecular weight is 264 g/mol. The largest absolute Gasteiger partial charge is 0.317 e. The van der Waals surface area contributed by atoms with Gasteiger partial charge in [0.05, 0.1) is 0 Å². The zero-order valence-electron chi connectivity index (χ0n) is 11.6. The molecule has 3 rings (SSSR count). The lowest BCUT2D eigenvalue weighted by molar-refractivity contribution is -0.154. The molecule has 3 fully saturated rings. The Hall–Kier alpha value is -0.900. The van der Waals surface area contributed by atoms with Crippen LogP contribution in [0, 0.1) is 11.8 Å². The van der Waals surface area contributed by atoms with Gasteiger partial charge in [0.1, 0.15) is 0 Å². The van der Waals surface area contributed by atoms with Crippen molar-refractivity contribution >= 4 is 11.8 Å². The van der Waals surface area contributed by atoms with Crippen LogP contribution in [0.3, 0.4) is 0 Å². The molecule has 106 valence electrons. The molecule has 2 heterocycles. The second-order valence-corrected chi connectivity index (χ2v) is 6.35. The Labute approximate surface area is 114 Å². The van der Waals surface area contributed by atoms with E-state index in [1.165, 1.54) is 25.7 Å². The van der Waals surface area contributed by atoms with Gasteiger partial charge >= 0.3 is 0 Å². The van der Waals surface area contributed by atoms with Gasteiger partial charge < -0.3 is 5.32 Å². The molecule has 0 atom stereocenters. The van der Waals surface area contributed by atoms with Gasteiger partial charge in [-0.15, -0.1) is 0 Å². The number of nitrogens with zero attached hydrogens (tertiary/aromatic N) is 1. The van der Waals surface area contributed by atoms with Gasteiger partial charge in [-0.25, -0.2) is 0 Å². The van der Waals surface area contributed by atoms with Gasteiger partial charge in [-0.05, 0) is 37.8 Å². The molecule has 2 aliphatic heterocycles. The molecule has 2 amide bonds. The fourth-order valence-electron chi connectivity index (χ4n) is 4.09. The monoisotopic (exact) mass is 264 g/mol. The third kappa shape index (κ3) is 2.69. The second-order valence-electron chi connectivity index (χ2n) is 6.35. The van der Waals surface area contributed by atoms with Crippen molar-refractivity contribution in [2.75, 3.05) is 13.1 Å². The summed E-state index contributed by atoms with van der Waals surface area (Å²) in [5.41, 5.74) is 0. The Balaban J connectivity index is 1.65. The van der Waals surface area contributed by atoms with Gasteiger partial charge in [-0.1, -0.05) is 25.7 Å². The number of piperidine rings is 2. The predicted molar refractivity (Wildman–Crippen MR) is 72.4 cm³/mol. The first-order valence-corrected chi connectivity index (χ1v) is 7.81. The van der Waals surface area contributed by atoms with Gasteiger partial charge in [0, 0.05) is 18.9 Å². The van der Waals surface area contributed by atoms with Crippen molar-refractivity contribution in [3.05, 3.63) is 0 Å². The summed E-state index contributed by atoms with van der Waals surface area (Å²) >= 11 is 0. The molecule has 4 nitrogen and oxygen atoms in total. The number of hydrogen-bond acceptors (Lipinski definition) is 3. The summed E-state index contributed by atoms with van der Waals surface area (Å²) in [5, 5.41) is 3.29. The number of likely N-dealkylation sites (tertiary alicyclic amines) is 1. The maximum absolute atomic E-state index is 12.4. The van der Waals surface area contributed by atoms with Crippen molar-refractivity contribution in [1.29, 1.82) is 0 Å². The van der Waals surface area contributed by atoms with E-state index in [2.05, 4.69) is 5.32 Å². The van der Waals surface area contributed by atoms with Crippen LogP contribution in [0.4, 0.5) is 0 Å². The minimum absolute atomic E-state index is 0.0973. The number of nitrogens with one attached hydrogen (secondary N) is 1. The Morgan fingerprint density at radius 2 is 1.42 bits per heavy atom.